The van der Waals surface area contributed by atoms with Gasteiger partial charge in [-0.25, -0.2) is 4.98 Å². The molecule has 5 nitrogen and oxygen atoms in total. The summed E-state index contributed by atoms with van der Waals surface area (Å²) in [5.41, 5.74) is -1.48. The van der Waals surface area contributed by atoms with Gasteiger partial charge in [0.05, 0.1) is 17.2 Å². The summed E-state index contributed by atoms with van der Waals surface area (Å²) >= 11 is 1.23. The van der Waals surface area contributed by atoms with Crippen molar-refractivity contribution >= 4 is 23.4 Å². The van der Waals surface area contributed by atoms with E-state index in [2.05, 4.69) is 10.3 Å². The number of hydrogen-bond acceptors (Lipinski definition) is 4. The molecule has 1 amide bonds. The van der Waals surface area contributed by atoms with Gasteiger partial charge < -0.3 is 5.32 Å². The van der Waals surface area contributed by atoms with Crippen molar-refractivity contribution < 1.29 is 18.0 Å². The first-order chi connectivity index (χ1) is 11.4. The molecule has 0 aliphatic carbocycles. The van der Waals surface area contributed by atoms with Gasteiger partial charge >= 0.3 is 6.18 Å². The number of benzene rings is 1. The molecule has 0 saturated heterocycles. The van der Waals surface area contributed by atoms with Gasteiger partial charge in [-0.2, -0.15) is 13.2 Å². The maximum atomic E-state index is 13.0. The number of carbonyl (C=O) groups is 1. The highest BCUT2D eigenvalue weighted by atomic mass is 32.2. The molecule has 0 spiro atoms. The van der Waals surface area contributed by atoms with Gasteiger partial charge in [-0.15, -0.1) is 0 Å². The Hall–Kier alpha value is -2.29. The van der Waals surface area contributed by atoms with E-state index in [1.807, 2.05) is 0 Å². The molecule has 1 atom stereocenters. The zero-order valence-electron chi connectivity index (χ0n) is 12.2. The second kappa shape index (κ2) is 6.31. The van der Waals surface area contributed by atoms with E-state index < -0.39 is 23.6 Å². The van der Waals surface area contributed by atoms with Crippen LogP contribution in [0.3, 0.4) is 0 Å². The maximum absolute atomic E-state index is 13.0. The van der Waals surface area contributed by atoms with Crippen LogP contribution in [0.25, 0.3) is 0 Å². The molecule has 0 fully saturated rings. The molecule has 1 aliphatic rings. The van der Waals surface area contributed by atoms with E-state index in [0.717, 1.165) is 6.07 Å². The van der Waals surface area contributed by atoms with E-state index >= 15 is 0 Å². The molecule has 2 heterocycles. The van der Waals surface area contributed by atoms with Gasteiger partial charge in [0.2, 0.25) is 5.91 Å². The predicted octanol–water partition coefficient (Wildman–Crippen LogP) is 2.62. The Morgan fingerprint density at radius 2 is 2.04 bits per heavy atom. The molecule has 1 N–H and O–H groups in total. The quantitative estimate of drug-likeness (QED) is 0.841. The van der Waals surface area contributed by atoms with Crippen LogP contribution in [0.15, 0.2) is 46.5 Å². The number of fused-ring (bicyclic) bond motifs is 1. The topological polar surface area (TPSA) is 64.0 Å². The first-order valence-electron chi connectivity index (χ1n) is 7.02. The molecule has 1 unspecified atom stereocenters. The fourth-order valence-electron chi connectivity index (χ4n) is 2.38. The van der Waals surface area contributed by atoms with Crippen LogP contribution in [-0.2, 0) is 17.5 Å². The average Bonchev–Trinajstić information content (AvgIpc) is 2.54. The van der Waals surface area contributed by atoms with Crippen LogP contribution in [0, 0.1) is 5.92 Å². The van der Waals surface area contributed by atoms with E-state index in [9.17, 15) is 22.8 Å². The van der Waals surface area contributed by atoms with Crippen molar-refractivity contribution in [3.63, 3.8) is 0 Å². The lowest BCUT2D eigenvalue weighted by Crippen LogP contribution is -2.36. The standard InChI is InChI=1S/C15H12F3N3O2S/c16-15(17,18)10-3-1-2-4-11(10)20-13(23)9-7-21-12(22)5-6-19-14(21)24-8-9/h1-6,9H,7-8H2,(H,20,23). The average molecular weight is 355 g/mol. The number of halogens is 3. The number of nitrogens with zero attached hydrogens (tertiary/aromatic N) is 2. The monoisotopic (exact) mass is 355 g/mol. The molecular weight excluding hydrogens is 343 g/mol. The molecule has 1 aromatic heterocycles. The minimum atomic E-state index is -4.56. The van der Waals surface area contributed by atoms with Gasteiger partial charge in [-0.1, -0.05) is 23.9 Å². The third-order valence-electron chi connectivity index (χ3n) is 3.58. The molecule has 3 rings (SSSR count). The first kappa shape index (κ1) is 16.6. The highest BCUT2D eigenvalue weighted by molar-refractivity contribution is 7.99. The number of anilines is 1. The number of aromatic nitrogens is 2. The van der Waals surface area contributed by atoms with Crippen molar-refractivity contribution in [3.05, 3.63) is 52.4 Å². The van der Waals surface area contributed by atoms with Gasteiger partial charge in [0.25, 0.3) is 5.56 Å². The molecule has 1 aromatic carbocycles. The molecule has 2 aromatic rings. The summed E-state index contributed by atoms with van der Waals surface area (Å²) in [6.07, 6.45) is -3.17. The van der Waals surface area contributed by atoms with Gasteiger partial charge in [0.15, 0.2) is 5.16 Å². The van der Waals surface area contributed by atoms with Crippen LogP contribution in [0.5, 0.6) is 0 Å². The summed E-state index contributed by atoms with van der Waals surface area (Å²) in [6.45, 7) is 0.0923. The minimum absolute atomic E-state index is 0.0923. The Bertz CT molecular complexity index is 835. The number of amides is 1. The van der Waals surface area contributed by atoms with E-state index in [0.29, 0.717) is 10.9 Å². The van der Waals surface area contributed by atoms with Crippen molar-refractivity contribution in [1.29, 1.82) is 0 Å². The molecule has 0 saturated carbocycles. The summed E-state index contributed by atoms with van der Waals surface area (Å²) in [4.78, 5) is 28.2. The van der Waals surface area contributed by atoms with Crippen LogP contribution < -0.4 is 10.9 Å². The first-order valence-corrected chi connectivity index (χ1v) is 8.00. The third-order valence-corrected chi connectivity index (χ3v) is 4.73. The van der Waals surface area contributed by atoms with E-state index in [-0.39, 0.29) is 17.8 Å². The van der Waals surface area contributed by atoms with Gasteiger partial charge in [-0.05, 0) is 12.1 Å². The molecule has 126 valence electrons. The molecule has 0 radical (unpaired) electrons. The molecule has 0 bridgehead atoms. The zero-order chi connectivity index (χ0) is 17.3. The Morgan fingerprint density at radius 1 is 1.29 bits per heavy atom. The normalized spacial score (nSPS) is 17.2. The highest BCUT2D eigenvalue weighted by Crippen LogP contribution is 2.35. The summed E-state index contributed by atoms with van der Waals surface area (Å²) < 4.78 is 40.3. The lowest BCUT2D eigenvalue weighted by Gasteiger charge is -2.24. The maximum Gasteiger partial charge on any atom is 0.418 e. The second-order valence-corrected chi connectivity index (χ2v) is 6.20. The largest absolute Gasteiger partial charge is 0.418 e. The lowest BCUT2D eigenvalue weighted by atomic mass is 10.1. The molecule has 24 heavy (non-hydrogen) atoms. The molecule has 9 heteroatoms. The van der Waals surface area contributed by atoms with Crippen molar-refractivity contribution in [2.75, 3.05) is 11.1 Å². The van der Waals surface area contributed by atoms with Gasteiger partial charge in [-0.3, -0.25) is 14.2 Å². The number of thioether (sulfide) groups is 1. The van der Waals surface area contributed by atoms with Crippen LogP contribution in [0.4, 0.5) is 18.9 Å². The fraction of sp³-hybridized carbons (Fsp3) is 0.267. The van der Waals surface area contributed by atoms with E-state index in [1.54, 1.807) is 0 Å². The number of para-hydroxylation sites is 1. The number of alkyl halides is 3. The van der Waals surface area contributed by atoms with Crippen LogP contribution in [0.1, 0.15) is 5.56 Å². The number of hydrogen-bond donors (Lipinski definition) is 1. The third kappa shape index (κ3) is 3.30. The fourth-order valence-corrected chi connectivity index (χ4v) is 3.45. The van der Waals surface area contributed by atoms with Crippen molar-refractivity contribution in [2.24, 2.45) is 5.92 Å². The lowest BCUT2D eigenvalue weighted by molar-refractivity contribution is -0.137. The van der Waals surface area contributed by atoms with Crippen LogP contribution >= 0.6 is 11.8 Å². The van der Waals surface area contributed by atoms with Crippen molar-refractivity contribution in [2.45, 2.75) is 17.9 Å². The van der Waals surface area contributed by atoms with E-state index in [4.69, 9.17) is 0 Å². The summed E-state index contributed by atoms with van der Waals surface area (Å²) in [7, 11) is 0. The molecular formula is C15H12F3N3O2S. The highest BCUT2D eigenvalue weighted by Gasteiger charge is 2.34. The Balaban J connectivity index is 1.80. The summed E-state index contributed by atoms with van der Waals surface area (Å²) in [6, 6.07) is 6.08. The number of nitrogens with one attached hydrogen (secondary N) is 1. The van der Waals surface area contributed by atoms with E-state index in [1.165, 1.54) is 46.8 Å². The summed E-state index contributed by atoms with van der Waals surface area (Å²) in [5, 5.41) is 2.83. The molecule has 1 aliphatic heterocycles. The predicted molar refractivity (Wildman–Crippen MR) is 82.8 cm³/mol. The Morgan fingerprint density at radius 3 is 2.79 bits per heavy atom. The smallest absolute Gasteiger partial charge is 0.325 e. The second-order valence-electron chi connectivity index (χ2n) is 5.22. The van der Waals surface area contributed by atoms with Gasteiger partial charge in [0, 0.05) is 24.6 Å². The number of carbonyl (C=O) groups excluding carboxylic acids is 1. The van der Waals surface area contributed by atoms with Gasteiger partial charge in [0.1, 0.15) is 0 Å². The zero-order valence-corrected chi connectivity index (χ0v) is 13.0. The SMILES string of the molecule is O=C(Nc1ccccc1C(F)(F)F)C1CSc2nccc(=O)n2C1. The van der Waals surface area contributed by atoms with Crippen LogP contribution in [-0.4, -0.2) is 21.2 Å². The Labute approximate surface area is 138 Å². The number of rotatable bonds is 2. The summed E-state index contributed by atoms with van der Waals surface area (Å²) in [5.74, 6) is -0.831. The van der Waals surface area contributed by atoms with Crippen molar-refractivity contribution in [3.8, 4) is 0 Å². The minimum Gasteiger partial charge on any atom is -0.325 e. The van der Waals surface area contributed by atoms with Crippen LogP contribution in [0.2, 0.25) is 0 Å². The Kier molecular flexibility index (Phi) is 4.35. The van der Waals surface area contributed by atoms with Crippen molar-refractivity contribution in [1.82, 2.24) is 9.55 Å².